The normalized spacial score (nSPS) is 19.4. The van der Waals surface area contributed by atoms with Gasteiger partial charge in [-0.25, -0.2) is 13.1 Å². The van der Waals surface area contributed by atoms with Crippen LogP contribution in [0.5, 0.6) is 0 Å². The van der Waals surface area contributed by atoms with Gasteiger partial charge in [0.25, 0.3) is 0 Å². The van der Waals surface area contributed by atoms with Crippen LogP contribution in [0.3, 0.4) is 0 Å². The molecular weight excluding hydrogens is 286 g/mol. The van der Waals surface area contributed by atoms with E-state index in [1.807, 2.05) is 12.1 Å². The monoisotopic (exact) mass is 311 g/mol. The van der Waals surface area contributed by atoms with E-state index in [1.54, 1.807) is 12.1 Å². The summed E-state index contributed by atoms with van der Waals surface area (Å²) < 4.78 is 26.5. The first-order valence-electron chi connectivity index (χ1n) is 7.31. The quantitative estimate of drug-likeness (QED) is 0.869. The minimum absolute atomic E-state index is 0.211. The van der Waals surface area contributed by atoms with Crippen LogP contribution in [0.4, 0.5) is 5.69 Å². The molecule has 0 saturated carbocycles. The van der Waals surface area contributed by atoms with Crippen LogP contribution in [0, 0.1) is 5.41 Å². The average molecular weight is 311 g/mol. The number of sulfonamides is 1. The SMILES string of the molecule is CNS(=O)(=O)c1ccccc1NCC1(C)CCN(C)CC1. The Morgan fingerprint density at radius 1 is 1.24 bits per heavy atom. The molecule has 0 amide bonds. The molecule has 1 aromatic carbocycles. The van der Waals surface area contributed by atoms with Gasteiger partial charge in [-0.1, -0.05) is 19.1 Å². The Kier molecular flexibility index (Phi) is 4.91. The Hall–Kier alpha value is -1.11. The van der Waals surface area contributed by atoms with Crippen LogP contribution < -0.4 is 10.0 Å². The van der Waals surface area contributed by atoms with Gasteiger partial charge in [0.2, 0.25) is 10.0 Å². The maximum absolute atomic E-state index is 12.0. The minimum atomic E-state index is -3.43. The standard InChI is InChI=1S/C15H25N3O2S/c1-15(8-10-18(3)11-9-15)12-17-13-6-4-5-7-14(13)21(19,20)16-2/h4-7,16-17H,8-12H2,1-3H3. The van der Waals surface area contributed by atoms with Gasteiger partial charge in [0.1, 0.15) is 4.90 Å². The molecule has 5 nitrogen and oxygen atoms in total. The van der Waals surface area contributed by atoms with Crippen molar-refractivity contribution < 1.29 is 8.42 Å². The largest absolute Gasteiger partial charge is 0.383 e. The number of nitrogens with one attached hydrogen (secondary N) is 2. The summed E-state index contributed by atoms with van der Waals surface area (Å²) in [5.74, 6) is 0. The van der Waals surface area contributed by atoms with Crippen LogP contribution in [0.25, 0.3) is 0 Å². The maximum atomic E-state index is 12.0. The minimum Gasteiger partial charge on any atom is -0.383 e. The molecule has 0 aromatic heterocycles. The fourth-order valence-electron chi connectivity index (χ4n) is 2.60. The van der Waals surface area contributed by atoms with E-state index in [9.17, 15) is 8.42 Å². The van der Waals surface area contributed by atoms with Crippen molar-refractivity contribution in [1.82, 2.24) is 9.62 Å². The second kappa shape index (κ2) is 6.34. The van der Waals surface area contributed by atoms with Crippen molar-refractivity contribution in [2.45, 2.75) is 24.7 Å². The van der Waals surface area contributed by atoms with Gasteiger partial charge in [0.15, 0.2) is 0 Å². The number of likely N-dealkylation sites (tertiary alicyclic amines) is 1. The predicted octanol–water partition coefficient (Wildman–Crippen LogP) is 1.74. The molecule has 6 heteroatoms. The van der Waals surface area contributed by atoms with E-state index >= 15 is 0 Å². The summed E-state index contributed by atoms with van der Waals surface area (Å²) in [5, 5.41) is 3.34. The fraction of sp³-hybridized carbons (Fsp3) is 0.600. The summed E-state index contributed by atoms with van der Waals surface area (Å²) in [5.41, 5.74) is 0.884. The predicted molar refractivity (Wildman–Crippen MR) is 86.0 cm³/mol. The summed E-state index contributed by atoms with van der Waals surface area (Å²) in [6.45, 7) is 5.24. The number of piperidine rings is 1. The van der Waals surface area contributed by atoms with Gasteiger partial charge in [-0.3, -0.25) is 0 Å². The molecule has 2 rings (SSSR count). The lowest BCUT2D eigenvalue weighted by Gasteiger charge is -2.38. The molecule has 0 spiro atoms. The van der Waals surface area contributed by atoms with Gasteiger partial charge in [0.05, 0.1) is 5.69 Å². The van der Waals surface area contributed by atoms with E-state index < -0.39 is 10.0 Å². The van der Waals surface area contributed by atoms with Crippen LogP contribution in [-0.2, 0) is 10.0 Å². The maximum Gasteiger partial charge on any atom is 0.242 e. The second-order valence-corrected chi connectivity index (χ2v) is 8.03. The van der Waals surface area contributed by atoms with E-state index in [0.29, 0.717) is 10.6 Å². The number of nitrogens with zero attached hydrogens (tertiary/aromatic N) is 1. The molecule has 1 heterocycles. The van der Waals surface area contributed by atoms with E-state index in [1.165, 1.54) is 7.05 Å². The highest BCUT2D eigenvalue weighted by Crippen LogP contribution is 2.31. The molecule has 1 aromatic rings. The Balaban J connectivity index is 2.11. The molecule has 21 heavy (non-hydrogen) atoms. The van der Waals surface area contributed by atoms with Crippen molar-refractivity contribution in [1.29, 1.82) is 0 Å². The summed E-state index contributed by atoms with van der Waals surface area (Å²) in [6, 6.07) is 7.05. The lowest BCUT2D eigenvalue weighted by molar-refractivity contribution is 0.150. The Morgan fingerprint density at radius 2 is 1.86 bits per heavy atom. The highest BCUT2D eigenvalue weighted by atomic mass is 32.2. The highest BCUT2D eigenvalue weighted by Gasteiger charge is 2.29. The number of hydrogen-bond acceptors (Lipinski definition) is 4. The zero-order chi connectivity index (χ0) is 15.5. The Bertz CT molecular complexity index is 578. The molecule has 0 unspecified atom stereocenters. The molecule has 1 fully saturated rings. The van der Waals surface area contributed by atoms with Crippen molar-refractivity contribution in [3.63, 3.8) is 0 Å². The first-order chi connectivity index (χ1) is 9.86. The molecule has 1 aliphatic heterocycles. The number of benzene rings is 1. The second-order valence-electron chi connectivity index (χ2n) is 6.17. The van der Waals surface area contributed by atoms with Gasteiger partial charge >= 0.3 is 0 Å². The number of hydrogen-bond donors (Lipinski definition) is 2. The van der Waals surface area contributed by atoms with Gasteiger partial charge in [-0.2, -0.15) is 0 Å². The van der Waals surface area contributed by atoms with Crippen LogP contribution >= 0.6 is 0 Å². The van der Waals surface area contributed by atoms with Gasteiger partial charge in [-0.05, 0) is 57.6 Å². The van der Waals surface area contributed by atoms with E-state index in [2.05, 4.69) is 28.9 Å². The molecule has 0 radical (unpaired) electrons. The molecule has 1 aliphatic rings. The van der Waals surface area contributed by atoms with Gasteiger partial charge in [0, 0.05) is 6.54 Å². The summed E-state index contributed by atoms with van der Waals surface area (Å²) >= 11 is 0. The molecule has 2 N–H and O–H groups in total. The van der Waals surface area contributed by atoms with Crippen LogP contribution in [0.1, 0.15) is 19.8 Å². The first-order valence-corrected chi connectivity index (χ1v) is 8.80. The third-order valence-corrected chi connectivity index (χ3v) is 5.82. The first kappa shape index (κ1) is 16.3. The molecular formula is C15H25N3O2S. The van der Waals surface area contributed by atoms with Gasteiger partial charge in [-0.15, -0.1) is 0 Å². The van der Waals surface area contributed by atoms with E-state index in [4.69, 9.17) is 0 Å². The number of anilines is 1. The molecule has 0 atom stereocenters. The topological polar surface area (TPSA) is 61.4 Å². The molecule has 0 bridgehead atoms. The Morgan fingerprint density at radius 3 is 2.48 bits per heavy atom. The van der Waals surface area contributed by atoms with Crippen molar-refractivity contribution in [2.75, 3.05) is 39.0 Å². The highest BCUT2D eigenvalue weighted by molar-refractivity contribution is 7.89. The molecule has 118 valence electrons. The third-order valence-electron chi connectivity index (χ3n) is 4.35. The Labute approximate surface area is 127 Å². The summed E-state index contributed by atoms with van der Waals surface area (Å²) in [7, 11) is 0.145. The zero-order valence-electron chi connectivity index (χ0n) is 13.0. The third kappa shape index (κ3) is 3.96. The zero-order valence-corrected chi connectivity index (χ0v) is 13.8. The van der Waals surface area contributed by atoms with Crippen molar-refractivity contribution >= 4 is 15.7 Å². The number of rotatable bonds is 5. The molecule has 1 saturated heterocycles. The van der Waals surface area contributed by atoms with Crippen LogP contribution in [-0.4, -0.2) is 47.0 Å². The van der Waals surface area contributed by atoms with Crippen molar-refractivity contribution in [3.05, 3.63) is 24.3 Å². The summed E-state index contributed by atoms with van der Waals surface area (Å²) in [4.78, 5) is 2.64. The van der Waals surface area contributed by atoms with Crippen LogP contribution in [0.15, 0.2) is 29.2 Å². The smallest absolute Gasteiger partial charge is 0.242 e. The van der Waals surface area contributed by atoms with Crippen molar-refractivity contribution in [2.24, 2.45) is 5.41 Å². The van der Waals surface area contributed by atoms with Gasteiger partial charge < -0.3 is 10.2 Å². The lowest BCUT2D eigenvalue weighted by Crippen LogP contribution is -2.40. The van der Waals surface area contributed by atoms with Crippen LogP contribution in [0.2, 0.25) is 0 Å². The van der Waals surface area contributed by atoms with E-state index in [-0.39, 0.29) is 5.41 Å². The number of para-hydroxylation sites is 1. The fourth-order valence-corrected chi connectivity index (χ4v) is 3.51. The average Bonchev–Trinajstić information content (AvgIpc) is 2.49. The van der Waals surface area contributed by atoms with E-state index in [0.717, 1.165) is 32.5 Å². The molecule has 0 aliphatic carbocycles. The van der Waals surface area contributed by atoms with Crippen molar-refractivity contribution in [3.8, 4) is 0 Å². The lowest BCUT2D eigenvalue weighted by atomic mass is 9.80. The summed E-state index contributed by atoms with van der Waals surface area (Å²) in [6.07, 6.45) is 2.24.